The van der Waals surface area contributed by atoms with E-state index in [4.69, 9.17) is 32.0 Å². The number of thiophene rings is 1. The van der Waals surface area contributed by atoms with E-state index in [1.807, 2.05) is 48.5 Å². The highest BCUT2D eigenvalue weighted by atomic mass is 35.5. The molecule has 0 aliphatic heterocycles. The molecule has 0 spiro atoms. The van der Waals surface area contributed by atoms with E-state index < -0.39 is 0 Å². The second kappa shape index (κ2) is 10.6. The molecule has 2 aromatic carbocycles. The van der Waals surface area contributed by atoms with Crippen molar-refractivity contribution in [1.29, 1.82) is 0 Å². The van der Waals surface area contributed by atoms with Crippen molar-refractivity contribution in [2.45, 2.75) is 19.4 Å². The number of nitrogens with zero attached hydrogens (tertiary/aromatic N) is 3. The lowest BCUT2D eigenvalue weighted by Crippen LogP contribution is -2.31. The summed E-state index contributed by atoms with van der Waals surface area (Å²) in [5, 5.41) is 4.12. The Kier molecular flexibility index (Phi) is 7.13. The number of anilines is 1. The van der Waals surface area contributed by atoms with Crippen LogP contribution in [-0.4, -0.2) is 34.6 Å². The number of pyridine rings is 1. The Morgan fingerprint density at radius 3 is 2.53 bits per heavy atom. The fourth-order valence-corrected chi connectivity index (χ4v) is 5.59. The summed E-state index contributed by atoms with van der Waals surface area (Å²) in [7, 11) is 1.65. The first kappa shape index (κ1) is 24.2. The molecule has 0 saturated carbocycles. The predicted octanol–water partition coefficient (Wildman–Crippen LogP) is 6.37. The maximum Gasteiger partial charge on any atom is 0.162 e. The number of rotatable bonds is 8. The van der Waals surface area contributed by atoms with Crippen LogP contribution < -0.4 is 15.8 Å². The summed E-state index contributed by atoms with van der Waals surface area (Å²) in [5.74, 6) is 2.06. The van der Waals surface area contributed by atoms with Gasteiger partial charge in [-0.2, -0.15) is 0 Å². The fourth-order valence-electron chi connectivity index (χ4n) is 4.27. The lowest BCUT2D eigenvalue weighted by Gasteiger charge is -2.15. The van der Waals surface area contributed by atoms with Crippen molar-refractivity contribution < 1.29 is 4.74 Å². The van der Waals surface area contributed by atoms with Crippen LogP contribution in [0.4, 0.5) is 5.82 Å². The van der Waals surface area contributed by atoms with Crippen LogP contribution in [0.15, 0.2) is 73.1 Å². The maximum absolute atomic E-state index is 6.69. The van der Waals surface area contributed by atoms with Crippen LogP contribution in [0.5, 0.6) is 5.75 Å². The molecule has 8 heteroatoms. The third-order valence-corrected chi connectivity index (χ3v) is 7.38. The Balaban J connectivity index is 1.60. The van der Waals surface area contributed by atoms with Gasteiger partial charge in [-0.25, -0.2) is 9.97 Å². The molecular formula is C28H26ClN5OS. The molecule has 36 heavy (non-hydrogen) atoms. The van der Waals surface area contributed by atoms with Crippen LogP contribution in [0.3, 0.4) is 0 Å². The molecule has 0 fully saturated rings. The minimum absolute atomic E-state index is 0.0778. The molecule has 3 heterocycles. The number of hydrogen-bond acceptors (Lipinski definition) is 7. The summed E-state index contributed by atoms with van der Waals surface area (Å²) in [6.45, 7) is 2.64. The van der Waals surface area contributed by atoms with Gasteiger partial charge < -0.3 is 15.8 Å². The summed E-state index contributed by atoms with van der Waals surface area (Å²) in [5.41, 5.74) is 11.2. The second-order valence-electron chi connectivity index (χ2n) is 8.49. The lowest BCUT2D eigenvalue weighted by molar-refractivity contribution is 0.416. The van der Waals surface area contributed by atoms with Crippen molar-refractivity contribution in [2.75, 3.05) is 19.0 Å². The third-order valence-electron chi connectivity index (χ3n) is 5.97. The molecule has 1 atom stereocenters. The Morgan fingerprint density at radius 1 is 1.00 bits per heavy atom. The van der Waals surface area contributed by atoms with E-state index in [1.54, 1.807) is 30.8 Å². The summed E-state index contributed by atoms with van der Waals surface area (Å²) in [4.78, 5) is 15.1. The molecule has 0 aliphatic rings. The summed E-state index contributed by atoms with van der Waals surface area (Å²) in [6.07, 6.45) is 4.25. The molecule has 0 aliphatic carbocycles. The number of aromatic nitrogens is 3. The van der Waals surface area contributed by atoms with Gasteiger partial charge in [0.25, 0.3) is 0 Å². The molecule has 3 aromatic heterocycles. The van der Waals surface area contributed by atoms with Crippen LogP contribution in [0.2, 0.25) is 5.02 Å². The van der Waals surface area contributed by atoms with Gasteiger partial charge in [-0.3, -0.25) is 4.98 Å². The Hall–Kier alpha value is -3.52. The highest BCUT2D eigenvalue weighted by molar-refractivity contribution is 7.20. The third kappa shape index (κ3) is 4.91. The largest absolute Gasteiger partial charge is 0.496 e. The van der Waals surface area contributed by atoms with Crippen LogP contribution in [0.25, 0.3) is 32.7 Å². The van der Waals surface area contributed by atoms with E-state index in [0.717, 1.165) is 44.0 Å². The molecule has 0 unspecified atom stereocenters. The number of nitrogens with one attached hydrogen (secondary N) is 1. The quantitative estimate of drug-likeness (QED) is 0.249. The molecule has 5 aromatic rings. The number of aryl methyl sites for hydroxylation is 1. The Bertz CT molecular complexity index is 1490. The zero-order chi connectivity index (χ0) is 25.1. The van der Waals surface area contributed by atoms with Crippen molar-refractivity contribution in [3.05, 3.63) is 88.5 Å². The Morgan fingerprint density at radius 2 is 1.78 bits per heavy atom. The van der Waals surface area contributed by atoms with Crippen molar-refractivity contribution in [2.24, 2.45) is 5.73 Å². The van der Waals surface area contributed by atoms with E-state index in [0.29, 0.717) is 23.1 Å². The summed E-state index contributed by atoms with van der Waals surface area (Å²) >= 11 is 8.32. The highest BCUT2D eigenvalue weighted by Crippen LogP contribution is 2.46. The summed E-state index contributed by atoms with van der Waals surface area (Å²) in [6, 6.07) is 19.7. The average Bonchev–Trinajstić information content (AvgIpc) is 3.23. The van der Waals surface area contributed by atoms with Crippen molar-refractivity contribution in [1.82, 2.24) is 15.0 Å². The molecule has 0 radical (unpaired) electrons. The van der Waals surface area contributed by atoms with Gasteiger partial charge in [0.2, 0.25) is 0 Å². The number of halogens is 1. The number of nitrogens with two attached hydrogens (primary N) is 1. The van der Waals surface area contributed by atoms with E-state index >= 15 is 0 Å². The number of methoxy groups -OCH3 is 1. The number of hydrogen-bond donors (Lipinski definition) is 2. The summed E-state index contributed by atoms with van der Waals surface area (Å²) < 4.78 is 6.62. The maximum atomic E-state index is 6.69. The van der Waals surface area contributed by atoms with E-state index in [-0.39, 0.29) is 6.04 Å². The molecule has 3 N–H and O–H groups in total. The number of benzene rings is 2. The van der Waals surface area contributed by atoms with E-state index in [9.17, 15) is 0 Å². The first-order chi connectivity index (χ1) is 17.5. The van der Waals surface area contributed by atoms with Crippen molar-refractivity contribution in [3.8, 4) is 28.3 Å². The minimum Gasteiger partial charge on any atom is -0.496 e. The van der Waals surface area contributed by atoms with Crippen LogP contribution in [0.1, 0.15) is 10.4 Å². The van der Waals surface area contributed by atoms with E-state index in [2.05, 4.69) is 29.4 Å². The molecule has 0 bridgehead atoms. The van der Waals surface area contributed by atoms with Crippen LogP contribution >= 0.6 is 22.9 Å². The van der Waals surface area contributed by atoms with Crippen molar-refractivity contribution >= 4 is 39.0 Å². The van der Waals surface area contributed by atoms with Gasteiger partial charge in [-0.1, -0.05) is 48.0 Å². The van der Waals surface area contributed by atoms with Gasteiger partial charge in [0.05, 0.1) is 22.3 Å². The molecule has 5 rings (SSSR count). The Labute approximate surface area is 219 Å². The number of fused-ring (bicyclic) bond motifs is 1. The lowest BCUT2D eigenvalue weighted by atomic mass is 10.0. The monoisotopic (exact) mass is 515 g/mol. The topological polar surface area (TPSA) is 86.0 Å². The highest BCUT2D eigenvalue weighted by Gasteiger charge is 2.23. The van der Waals surface area contributed by atoms with Gasteiger partial charge in [0.1, 0.15) is 11.6 Å². The number of ether oxygens (including phenoxy) is 1. The van der Waals surface area contributed by atoms with Crippen molar-refractivity contribution in [3.63, 3.8) is 0 Å². The first-order valence-corrected chi connectivity index (χ1v) is 12.8. The molecule has 6 nitrogen and oxygen atoms in total. The minimum atomic E-state index is -0.0778. The molecule has 0 amide bonds. The standard InChI is InChI=1S/C28H26ClN5OS/c1-17-23(24-21(29)9-6-10-22(24)35-2)25-26(36-17)28(34-27(33-25)19-11-13-31-14-12-19)32-16-20(30)15-18-7-4-3-5-8-18/h3-14,20H,15-16,30H2,1-2H3,(H,32,33,34)/t20-/m0/s1. The molecular weight excluding hydrogens is 490 g/mol. The van der Waals surface area contributed by atoms with Gasteiger partial charge in [0, 0.05) is 46.5 Å². The van der Waals surface area contributed by atoms with Crippen LogP contribution in [0, 0.1) is 6.92 Å². The zero-order valence-electron chi connectivity index (χ0n) is 20.0. The first-order valence-electron chi connectivity index (χ1n) is 11.6. The average molecular weight is 516 g/mol. The normalized spacial score (nSPS) is 12.0. The second-order valence-corrected chi connectivity index (χ2v) is 10.1. The zero-order valence-corrected chi connectivity index (χ0v) is 21.6. The SMILES string of the molecule is COc1cccc(Cl)c1-c1c(C)sc2c(NC[C@@H](N)Cc3ccccc3)nc(-c3ccncc3)nc12. The van der Waals surface area contributed by atoms with Gasteiger partial charge in [-0.15, -0.1) is 11.3 Å². The van der Waals surface area contributed by atoms with Gasteiger partial charge in [-0.05, 0) is 43.2 Å². The smallest absolute Gasteiger partial charge is 0.162 e. The van der Waals surface area contributed by atoms with E-state index in [1.165, 1.54) is 5.56 Å². The molecule has 0 saturated heterocycles. The fraction of sp³-hybridized carbons (Fsp3) is 0.179. The predicted molar refractivity (Wildman–Crippen MR) is 149 cm³/mol. The molecule has 182 valence electrons. The van der Waals surface area contributed by atoms with Gasteiger partial charge >= 0.3 is 0 Å². The van der Waals surface area contributed by atoms with Crippen LogP contribution in [-0.2, 0) is 6.42 Å². The van der Waals surface area contributed by atoms with Gasteiger partial charge in [0.15, 0.2) is 5.82 Å².